The van der Waals surface area contributed by atoms with E-state index in [4.69, 9.17) is 29.9 Å². The summed E-state index contributed by atoms with van der Waals surface area (Å²) in [6.45, 7) is 3.62. The maximum atomic E-state index is 13.9. The lowest BCUT2D eigenvalue weighted by Crippen LogP contribution is -2.11. The number of halogens is 4. The molecular weight excluding hydrogens is 568 g/mol. The first-order valence-corrected chi connectivity index (χ1v) is 12.9. The van der Waals surface area contributed by atoms with Gasteiger partial charge >= 0.3 is 0 Å². The summed E-state index contributed by atoms with van der Waals surface area (Å²) >= 11 is 0. The lowest BCUT2D eigenvalue weighted by molar-refractivity contribution is 0.0999. The van der Waals surface area contributed by atoms with E-state index in [1.807, 2.05) is 13.0 Å². The molecule has 0 saturated heterocycles. The summed E-state index contributed by atoms with van der Waals surface area (Å²) in [5, 5.41) is 8.69. The van der Waals surface area contributed by atoms with Crippen molar-refractivity contribution in [1.29, 1.82) is 5.26 Å². The first-order valence-electron chi connectivity index (χ1n) is 12.9. The number of rotatable bonds is 9. The van der Waals surface area contributed by atoms with Gasteiger partial charge in [-0.25, -0.2) is 17.6 Å². The molecule has 0 heterocycles. The number of nitrogens with two attached hydrogens (primary N) is 1. The first-order chi connectivity index (χ1) is 20.5. The Hall–Kier alpha value is -5.24. The van der Waals surface area contributed by atoms with Crippen LogP contribution in [0.3, 0.4) is 0 Å². The minimum absolute atomic E-state index is 0.0179. The lowest BCUT2D eigenvalue weighted by atomic mass is 10.1. The summed E-state index contributed by atoms with van der Waals surface area (Å²) < 4.78 is 76.3. The molecule has 11 heteroatoms. The van der Waals surface area contributed by atoms with E-state index in [1.165, 1.54) is 50.6 Å². The summed E-state index contributed by atoms with van der Waals surface area (Å²) in [5.41, 5.74) is 6.22. The second-order valence-electron chi connectivity index (χ2n) is 8.87. The lowest BCUT2D eigenvalue weighted by Gasteiger charge is -2.13. The molecule has 4 aromatic rings. The van der Waals surface area contributed by atoms with Crippen LogP contribution < -0.4 is 24.7 Å². The molecule has 0 unspecified atom stereocenters. The van der Waals surface area contributed by atoms with Crippen molar-refractivity contribution in [2.24, 2.45) is 5.73 Å². The van der Waals surface area contributed by atoms with E-state index in [2.05, 4.69) is 0 Å². The monoisotopic (exact) mass is 596 g/mol. The quantitative estimate of drug-likeness (QED) is 0.199. The van der Waals surface area contributed by atoms with Crippen LogP contribution >= 0.6 is 0 Å². The second-order valence-corrected chi connectivity index (χ2v) is 8.87. The van der Waals surface area contributed by atoms with Crippen molar-refractivity contribution in [3.63, 3.8) is 0 Å². The van der Waals surface area contributed by atoms with Crippen LogP contribution in [0.1, 0.15) is 40.9 Å². The van der Waals surface area contributed by atoms with Crippen molar-refractivity contribution in [3.8, 4) is 40.6 Å². The van der Waals surface area contributed by atoms with Gasteiger partial charge in [0.2, 0.25) is 5.91 Å². The van der Waals surface area contributed by atoms with Crippen molar-refractivity contribution in [3.05, 3.63) is 106 Å². The summed E-state index contributed by atoms with van der Waals surface area (Å²) in [5.74, 6) is -2.67. The van der Waals surface area contributed by atoms with E-state index in [1.54, 1.807) is 6.92 Å². The van der Waals surface area contributed by atoms with Gasteiger partial charge in [-0.3, -0.25) is 4.79 Å². The third-order valence-corrected chi connectivity index (χ3v) is 6.14. The molecule has 0 saturated carbocycles. The van der Waals surface area contributed by atoms with Gasteiger partial charge in [0.1, 0.15) is 11.6 Å². The first kappa shape index (κ1) is 32.3. The number of amides is 1. The molecule has 0 aliphatic carbocycles. The Morgan fingerprint density at radius 1 is 0.674 bits per heavy atom. The molecule has 0 radical (unpaired) electrons. The summed E-state index contributed by atoms with van der Waals surface area (Å²) in [6, 6.07) is 14.5. The number of methoxy groups -OCH3 is 2. The number of ether oxygens (including phenoxy) is 4. The molecule has 4 aromatic carbocycles. The number of carbonyl (C=O) groups is 1. The van der Waals surface area contributed by atoms with Crippen LogP contribution in [0, 0.1) is 34.6 Å². The van der Waals surface area contributed by atoms with Gasteiger partial charge in [0.05, 0.1) is 25.9 Å². The average molecular weight is 597 g/mol. The Labute approximate surface area is 246 Å². The fourth-order valence-corrected chi connectivity index (χ4v) is 3.80. The number of nitriles is 1. The van der Waals surface area contributed by atoms with Crippen LogP contribution in [0.4, 0.5) is 17.6 Å². The predicted octanol–water partition coefficient (Wildman–Crippen LogP) is 7.63. The molecule has 0 aliphatic heterocycles. The molecule has 224 valence electrons. The van der Waals surface area contributed by atoms with Gasteiger partial charge in [-0.15, -0.1) is 0 Å². The Balaban J connectivity index is 0.000000236. The Kier molecular flexibility index (Phi) is 11.0. The smallest absolute Gasteiger partial charge is 0.248 e. The molecule has 0 bridgehead atoms. The standard InChI is InChI=1S/C16H15F2NO3.C16H13F2NO2/c1-3-9-7-14(21-2)15(8-11(9)17)22-13-5-4-10(16(19)20)6-12(13)18;1-3-11-7-15(20-2)16(8-12(11)17)21-14-5-4-10(9-19)6-13(14)18/h4-8H,3H2,1-2H3,(H2,19,20);4-8H,3H2,1-2H3. The zero-order chi connectivity index (χ0) is 31.7. The van der Waals surface area contributed by atoms with E-state index >= 15 is 0 Å². The summed E-state index contributed by atoms with van der Waals surface area (Å²) in [6.07, 6.45) is 0.998. The molecule has 4 rings (SSSR count). The number of hydrogen-bond acceptors (Lipinski definition) is 6. The fraction of sp³-hybridized carbons (Fsp3) is 0.188. The number of benzene rings is 4. The van der Waals surface area contributed by atoms with Crippen molar-refractivity contribution in [1.82, 2.24) is 0 Å². The van der Waals surface area contributed by atoms with E-state index in [0.717, 1.165) is 24.3 Å². The maximum Gasteiger partial charge on any atom is 0.248 e. The van der Waals surface area contributed by atoms with Gasteiger partial charge in [0.15, 0.2) is 46.1 Å². The van der Waals surface area contributed by atoms with Crippen molar-refractivity contribution < 1.29 is 41.3 Å². The largest absolute Gasteiger partial charge is 0.493 e. The highest BCUT2D eigenvalue weighted by atomic mass is 19.1. The van der Waals surface area contributed by atoms with Gasteiger partial charge in [0, 0.05) is 17.7 Å². The molecule has 0 atom stereocenters. The van der Waals surface area contributed by atoms with Gasteiger partial charge in [-0.05, 0) is 72.5 Å². The van der Waals surface area contributed by atoms with Gasteiger partial charge in [-0.1, -0.05) is 13.8 Å². The summed E-state index contributed by atoms with van der Waals surface area (Å²) in [4.78, 5) is 11.0. The molecule has 2 N–H and O–H groups in total. The molecule has 0 aromatic heterocycles. The van der Waals surface area contributed by atoms with Crippen molar-refractivity contribution >= 4 is 5.91 Å². The molecule has 1 amide bonds. The molecule has 0 spiro atoms. The number of aryl methyl sites for hydroxylation is 2. The van der Waals surface area contributed by atoms with Crippen LogP contribution in [-0.4, -0.2) is 20.1 Å². The van der Waals surface area contributed by atoms with Gasteiger partial charge in [-0.2, -0.15) is 5.26 Å². The highest BCUT2D eigenvalue weighted by Crippen LogP contribution is 2.36. The van der Waals surface area contributed by atoms with Crippen LogP contribution in [0.2, 0.25) is 0 Å². The number of nitrogens with zero attached hydrogens (tertiary/aromatic N) is 1. The Bertz CT molecular complexity index is 1670. The van der Waals surface area contributed by atoms with E-state index in [-0.39, 0.29) is 39.9 Å². The molecule has 7 nitrogen and oxygen atoms in total. The van der Waals surface area contributed by atoms with Crippen LogP contribution in [0.25, 0.3) is 0 Å². The SMILES string of the molecule is CCc1cc(OC)c(Oc2ccc(C#N)cc2F)cc1F.CCc1cc(OC)c(Oc2ccc(C(N)=O)cc2F)cc1F. The molecule has 43 heavy (non-hydrogen) atoms. The molecule has 0 aliphatic rings. The molecular formula is C32H28F4N2O5. The minimum atomic E-state index is -0.779. The Morgan fingerprint density at radius 2 is 1.14 bits per heavy atom. The van der Waals surface area contributed by atoms with Gasteiger partial charge in [0.25, 0.3) is 0 Å². The minimum Gasteiger partial charge on any atom is -0.493 e. The fourth-order valence-electron chi connectivity index (χ4n) is 3.80. The van der Waals surface area contributed by atoms with E-state index < -0.39 is 29.2 Å². The topological polar surface area (TPSA) is 104 Å². The highest BCUT2D eigenvalue weighted by molar-refractivity contribution is 5.92. The normalized spacial score (nSPS) is 10.2. The van der Waals surface area contributed by atoms with Gasteiger partial charge < -0.3 is 24.7 Å². The highest BCUT2D eigenvalue weighted by Gasteiger charge is 2.16. The maximum absolute atomic E-state index is 13.9. The van der Waals surface area contributed by atoms with Crippen molar-refractivity contribution in [2.45, 2.75) is 26.7 Å². The number of hydrogen-bond donors (Lipinski definition) is 1. The van der Waals surface area contributed by atoms with Crippen LogP contribution in [0.15, 0.2) is 60.7 Å². The number of primary amides is 1. The van der Waals surface area contributed by atoms with Crippen LogP contribution in [-0.2, 0) is 12.8 Å². The predicted molar refractivity (Wildman–Crippen MR) is 151 cm³/mol. The third kappa shape index (κ3) is 7.95. The van der Waals surface area contributed by atoms with Crippen molar-refractivity contribution in [2.75, 3.05) is 14.2 Å². The number of carbonyl (C=O) groups excluding carboxylic acids is 1. The van der Waals surface area contributed by atoms with Crippen LogP contribution in [0.5, 0.6) is 34.5 Å². The molecule has 0 fully saturated rings. The average Bonchev–Trinajstić information content (AvgIpc) is 2.99. The second kappa shape index (κ2) is 14.6. The zero-order valence-corrected chi connectivity index (χ0v) is 23.8. The Morgan fingerprint density at radius 3 is 1.51 bits per heavy atom. The zero-order valence-electron chi connectivity index (χ0n) is 23.8. The summed E-state index contributed by atoms with van der Waals surface area (Å²) in [7, 11) is 2.83. The third-order valence-electron chi connectivity index (χ3n) is 6.14. The van der Waals surface area contributed by atoms with E-state index in [9.17, 15) is 22.4 Å². The van der Waals surface area contributed by atoms with E-state index in [0.29, 0.717) is 29.7 Å².